The molecule has 3 aromatic rings. The number of rotatable bonds is 5. The first-order chi connectivity index (χ1) is 14.3. The number of sulfonamides is 1. The molecule has 0 saturated carbocycles. The number of hydrogen-bond donors (Lipinski definition) is 1. The maximum atomic E-state index is 13.2. The zero-order valence-electron chi connectivity index (χ0n) is 16.1. The van der Waals surface area contributed by atoms with E-state index in [0.29, 0.717) is 41.4 Å². The highest BCUT2D eigenvalue weighted by molar-refractivity contribution is 7.92. The van der Waals surface area contributed by atoms with E-state index in [2.05, 4.69) is 5.32 Å². The number of anilines is 2. The molecule has 1 N–H and O–H groups in total. The van der Waals surface area contributed by atoms with E-state index in [9.17, 15) is 17.6 Å². The lowest BCUT2D eigenvalue weighted by molar-refractivity contribution is 0.102. The van der Waals surface area contributed by atoms with Gasteiger partial charge in [0.15, 0.2) is 0 Å². The normalized spacial score (nSPS) is 13.1. The zero-order chi connectivity index (χ0) is 21.3. The molecule has 1 aliphatic rings. The first-order valence-electron chi connectivity index (χ1n) is 9.25. The Balaban J connectivity index is 1.44. The molecule has 0 unspecified atom stereocenters. The summed E-state index contributed by atoms with van der Waals surface area (Å²) in [4.78, 5) is 12.6. The largest absolute Gasteiger partial charge is 0.457 e. The van der Waals surface area contributed by atoms with Gasteiger partial charge in [0, 0.05) is 23.9 Å². The van der Waals surface area contributed by atoms with Crippen LogP contribution < -0.4 is 14.4 Å². The van der Waals surface area contributed by atoms with Crippen LogP contribution in [0.5, 0.6) is 11.5 Å². The molecule has 0 bridgehead atoms. The number of halogens is 1. The fourth-order valence-electron chi connectivity index (χ4n) is 3.33. The number of benzene rings is 3. The smallest absolute Gasteiger partial charge is 0.255 e. The Morgan fingerprint density at radius 2 is 1.80 bits per heavy atom. The minimum absolute atomic E-state index is 0.297. The highest BCUT2D eigenvalue weighted by Gasteiger charge is 2.26. The lowest BCUT2D eigenvalue weighted by Gasteiger charge is -2.16. The lowest BCUT2D eigenvalue weighted by atomic mass is 10.1. The van der Waals surface area contributed by atoms with E-state index in [0.717, 1.165) is 5.56 Å². The molecule has 0 radical (unpaired) electrons. The Hall–Kier alpha value is -3.39. The summed E-state index contributed by atoms with van der Waals surface area (Å²) in [7, 11) is -3.33. The minimum atomic E-state index is -3.33. The Morgan fingerprint density at radius 3 is 2.50 bits per heavy atom. The van der Waals surface area contributed by atoms with E-state index >= 15 is 0 Å². The van der Waals surface area contributed by atoms with Crippen molar-refractivity contribution >= 4 is 27.3 Å². The van der Waals surface area contributed by atoms with E-state index in [1.165, 1.54) is 22.7 Å². The number of amides is 1. The fourth-order valence-corrected chi connectivity index (χ4v) is 4.29. The van der Waals surface area contributed by atoms with E-state index in [4.69, 9.17) is 4.74 Å². The standard InChI is InChI=1S/C22H19FN2O4S/c1-30(27,28)25-12-11-15-13-16(5-10-21(15)25)22(26)24-18-6-8-19(9-7-18)29-20-4-2-3-17(23)14-20/h2-10,13-14H,11-12H2,1H3,(H,24,26). The maximum Gasteiger partial charge on any atom is 0.255 e. The predicted molar refractivity (Wildman–Crippen MR) is 113 cm³/mol. The van der Waals surface area contributed by atoms with Crippen LogP contribution in [0.3, 0.4) is 0 Å². The molecule has 0 aliphatic carbocycles. The molecule has 8 heteroatoms. The molecular weight excluding hydrogens is 407 g/mol. The third kappa shape index (κ3) is 4.28. The van der Waals surface area contributed by atoms with Crippen molar-refractivity contribution in [2.24, 2.45) is 0 Å². The average Bonchev–Trinajstić information content (AvgIpc) is 3.13. The van der Waals surface area contributed by atoms with E-state index < -0.39 is 10.0 Å². The van der Waals surface area contributed by atoms with Crippen LogP contribution in [0.25, 0.3) is 0 Å². The summed E-state index contributed by atoms with van der Waals surface area (Å²) < 4.78 is 43.8. The van der Waals surface area contributed by atoms with Gasteiger partial charge < -0.3 is 10.1 Å². The van der Waals surface area contributed by atoms with Gasteiger partial charge in [-0.3, -0.25) is 9.10 Å². The van der Waals surface area contributed by atoms with Crippen LogP contribution in [0, 0.1) is 5.82 Å². The summed E-state index contributed by atoms with van der Waals surface area (Å²) in [5.74, 6) is 0.213. The van der Waals surface area contributed by atoms with Gasteiger partial charge in [0.05, 0.1) is 11.9 Å². The van der Waals surface area contributed by atoms with Crippen molar-refractivity contribution in [3.8, 4) is 11.5 Å². The van der Waals surface area contributed by atoms with Crippen molar-refractivity contribution in [3.63, 3.8) is 0 Å². The Kier molecular flexibility index (Phi) is 5.17. The first kappa shape index (κ1) is 19.9. The summed E-state index contributed by atoms with van der Waals surface area (Å²) in [5.41, 5.74) is 2.47. The third-order valence-corrected chi connectivity index (χ3v) is 5.92. The quantitative estimate of drug-likeness (QED) is 0.664. The van der Waals surface area contributed by atoms with Crippen LogP contribution in [0.2, 0.25) is 0 Å². The van der Waals surface area contributed by atoms with Gasteiger partial charge in [-0.05, 0) is 66.6 Å². The topological polar surface area (TPSA) is 75.7 Å². The van der Waals surface area contributed by atoms with Gasteiger partial charge in [-0.15, -0.1) is 0 Å². The molecule has 30 heavy (non-hydrogen) atoms. The average molecular weight is 426 g/mol. The molecule has 0 atom stereocenters. The Bertz CT molecular complexity index is 1210. The molecule has 0 saturated heterocycles. The molecule has 0 aromatic heterocycles. The third-order valence-electron chi connectivity index (χ3n) is 4.74. The van der Waals surface area contributed by atoms with Crippen LogP contribution in [0.15, 0.2) is 66.7 Å². The molecule has 0 spiro atoms. The van der Waals surface area contributed by atoms with Crippen molar-refractivity contribution in [1.82, 2.24) is 0 Å². The highest BCUT2D eigenvalue weighted by atomic mass is 32.2. The number of ether oxygens (including phenoxy) is 1. The van der Waals surface area contributed by atoms with Crippen molar-refractivity contribution in [2.75, 3.05) is 22.4 Å². The predicted octanol–water partition coefficient (Wildman–Crippen LogP) is 4.19. The second-order valence-corrected chi connectivity index (χ2v) is 8.87. The first-order valence-corrected chi connectivity index (χ1v) is 11.1. The number of carbonyl (C=O) groups excluding carboxylic acids is 1. The van der Waals surface area contributed by atoms with Gasteiger partial charge in [0.1, 0.15) is 17.3 Å². The van der Waals surface area contributed by atoms with Crippen molar-refractivity contribution in [3.05, 3.63) is 83.7 Å². The molecular formula is C22H19FN2O4S. The van der Waals surface area contributed by atoms with Crippen LogP contribution in [0.1, 0.15) is 15.9 Å². The van der Waals surface area contributed by atoms with Gasteiger partial charge in [0.25, 0.3) is 5.91 Å². The minimum Gasteiger partial charge on any atom is -0.457 e. The van der Waals surface area contributed by atoms with Crippen LogP contribution >= 0.6 is 0 Å². The summed E-state index contributed by atoms with van der Waals surface area (Å²) in [6.45, 7) is 0.381. The number of hydrogen-bond acceptors (Lipinski definition) is 4. The molecule has 1 amide bonds. The number of nitrogens with one attached hydrogen (secondary N) is 1. The second kappa shape index (κ2) is 7.79. The van der Waals surface area contributed by atoms with Gasteiger partial charge in [-0.1, -0.05) is 6.07 Å². The van der Waals surface area contributed by atoms with E-state index in [1.807, 2.05) is 0 Å². The Labute approximate surface area is 174 Å². The molecule has 1 aliphatic heterocycles. The fraction of sp³-hybridized carbons (Fsp3) is 0.136. The van der Waals surface area contributed by atoms with Crippen molar-refractivity contribution in [2.45, 2.75) is 6.42 Å². The van der Waals surface area contributed by atoms with Gasteiger partial charge in [0.2, 0.25) is 10.0 Å². The molecule has 0 fully saturated rings. The van der Waals surface area contributed by atoms with E-state index in [-0.39, 0.29) is 11.7 Å². The molecule has 4 rings (SSSR count). The summed E-state index contributed by atoms with van der Waals surface area (Å²) >= 11 is 0. The van der Waals surface area contributed by atoms with Gasteiger partial charge in [-0.25, -0.2) is 12.8 Å². The number of nitrogens with zero attached hydrogens (tertiary/aromatic N) is 1. The van der Waals surface area contributed by atoms with Crippen LogP contribution in [0.4, 0.5) is 15.8 Å². The zero-order valence-corrected chi connectivity index (χ0v) is 16.9. The lowest BCUT2D eigenvalue weighted by Crippen LogP contribution is -2.27. The SMILES string of the molecule is CS(=O)(=O)N1CCc2cc(C(=O)Nc3ccc(Oc4cccc(F)c4)cc3)ccc21. The number of carbonyl (C=O) groups is 1. The summed E-state index contributed by atoms with van der Waals surface area (Å²) in [6.07, 6.45) is 1.74. The van der Waals surface area contributed by atoms with Crippen LogP contribution in [-0.4, -0.2) is 27.1 Å². The van der Waals surface area contributed by atoms with Gasteiger partial charge >= 0.3 is 0 Å². The van der Waals surface area contributed by atoms with Crippen molar-refractivity contribution < 1.29 is 22.3 Å². The highest BCUT2D eigenvalue weighted by Crippen LogP contribution is 2.31. The summed E-state index contributed by atoms with van der Waals surface area (Å²) in [5, 5.41) is 2.80. The monoisotopic (exact) mass is 426 g/mol. The Morgan fingerprint density at radius 1 is 1.03 bits per heavy atom. The second-order valence-electron chi connectivity index (χ2n) is 6.97. The van der Waals surface area contributed by atoms with Gasteiger partial charge in [-0.2, -0.15) is 0 Å². The summed E-state index contributed by atoms with van der Waals surface area (Å²) in [6, 6.07) is 17.5. The molecule has 3 aromatic carbocycles. The maximum absolute atomic E-state index is 13.2. The van der Waals surface area contributed by atoms with Crippen LogP contribution in [-0.2, 0) is 16.4 Å². The molecule has 154 valence electrons. The number of fused-ring (bicyclic) bond motifs is 1. The molecule has 1 heterocycles. The molecule has 6 nitrogen and oxygen atoms in total. The van der Waals surface area contributed by atoms with E-state index in [1.54, 1.807) is 54.6 Å². The van der Waals surface area contributed by atoms with Crippen molar-refractivity contribution in [1.29, 1.82) is 0 Å².